The Morgan fingerprint density at radius 2 is 1.74 bits per heavy atom. The fraction of sp³-hybridized carbons (Fsp3) is 0.579. The van der Waals surface area contributed by atoms with Gasteiger partial charge in [-0.15, -0.1) is 0 Å². The molecule has 0 aliphatic carbocycles. The first-order valence-electron chi connectivity index (χ1n) is 8.96. The fourth-order valence-corrected chi connectivity index (χ4v) is 5.60. The van der Waals surface area contributed by atoms with Crippen molar-refractivity contribution in [2.45, 2.75) is 46.3 Å². The van der Waals surface area contributed by atoms with Crippen LogP contribution in [0.1, 0.15) is 45.0 Å². The zero-order valence-corrected chi connectivity index (χ0v) is 17.2. The first-order valence-corrected chi connectivity index (χ1v) is 10.6. The summed E-state index contributed by atoms with van der Waals surface area (Å²) in [6, 6.07) is 6.17. The maximum Gasteiger partial charge on any atom is 0.254 e. The molecule has 0 N–H and O–H groups in total. The van der Waals surface area contributed by atoms with Gasteiger partial charge >= 0.3 is 0 Å². The van der Waals surface area contributed by atoms with E-state index < -0.39 is 26.9 Å². The molecule has 1 unspecified atom stereocenters. The number of rotatable bonds is 2. The molecule has 0 spiro atoms. The van der Waals surface area contributed by atoms with Crippen LogP contribution >= 0.6 is 0 Å². The quantitative estimate of drug-likeness (QED) is 0.766. The van der Waals surface area contributed by atoms with Crippen LogP contribution in [0, 0.1) is 5.41 Å². The topological polar surface area (TPSA) is 84.0 Å². The standard InChI is InChI=1S/C19H26N2O5S/c1-13-10-20(19(4,5)11-26-13)16(22)14-6-8-15(9-7-14)21-17(23)18(2,3)12-27(21,24)25/h6-9,13H,10-12H2,1-5H3. The molecule has 1 atom stereocenters. The van der Waals surface area contributed by atoms with Crippen molar-refractivity contribution in [1.29, 1.82) is 0 Å². The van der Waals surface area contributed by atoms with Crippen LogP contribution in [-0.4, -0.2) is 55.7 Å². The molecule has 0 aromatic heterocycles. The van der Waals surface area contributed by atoms with Gasteiger partial charge in [0.05, 0.1) is 35.1 Å². The summed E-state index contributed by atoms with van der Waals surface area (Å²) in [4.78, 5) is 27.2. The normalized spacial score (nSPS) is 26.3. The van der Waals surface area contributed by atoms with Gasteiger partial charge in [0.15, 0.2) is 0 Å². The van der Waals surface area contributed by atoms with Crippen molar-refractivity contribution in [3.05, 3.63) is 29.8 Å². The van der Waals surface area contributed by atoms with Crippen LogP contribution in [-0.2, 0) is 19.6 Å². The third kappa shape index (κ3) is 3.48. The Morgan fingerprint density at radius 1 is 1.15 bits per heavy atom. The van der Waals surface area contributed by atoms with E-state index in [0.29, 0.717) is 18.7 Å². The Morgan fingerprint density at radius 3 is 2.26 bits per heavy atom. The van der Waals surface area contributed by atoms with Crippen LogP contribution in [0.4, 0.5) is 5.69 Å². The number of nitrogens with zero attached hydrogens (tertiary/aromatic N) is 2. The zero-order valence-electron chi connectivity index (χ0n) is 16.4. The van der Waals surface area contributed by atoms with E-state index in [2.05, 4.69) is 0 Å². The minimum Gasteiger partial charge on any atom is -0.374 e. The lowest BCUT2D eigenvalue weighted by atomic mass is 9.95. The van der Waals surface area contributed by atoms with Crippen LogP contribution in [0.5, 0.6) is 0 Å². The highest BCUT2D eigenvalue weighted by Gasteiger charge is 2.50. The number of hydrogen-bond acceptors (Lipinski definition) is 5. The molecule has 0 bridgehead atoms. The molecule has 0 radical (unpaired) electrons. The molecule has 7 nitrogen and oxygen atoms in total. The van der Waals surface area contributed by atoms with Gasteiger partial charge in [-0.2, -0.15) is 0 Å². The molecule has 8 heteroatoms. The van der Waals surface area contributed by atoms with Gasteiger partial charge in [-0.05, 0) is 58.9 Å². The summed E-state index contributed by atoms with van der Waals surface area (Å²) in [5.74, 6) is -0.818. The summed E-state index contributed by atoms with van der Waals surface area (Å²) in [5.41, 5.74) is -0.678. The molecule has 2 fully saturated rings. The molecular weight excluding hydrogens is 368 g/mol. The lowest BCUT2D eigenvalue weighted by Crippen LogP contribution is -2.57. The molecule has 3 rings (SSSR count). The van der Waals surface area contributed by atoms with Crippen LogP contribution in [0.3, 0.4) is 0 Å². The first-order chi connectivity index (χ1) is 12.3. The van der Waals surface area contributed by atoms with Gasteiger partial charge < -0.3 is 9.64 Å². The zero-order chi connectivity index (χ0) is 20.2. The molecule has 27 heavy (non-hydrogen) atoms. The Labute approximate surface area is 160 Å². The van der Waals surface area contributed by atoms with E-state index in [1.807, 2.05) is 20.8 Å². The lowest BCUT2D eigenvalue weighted by Gasteiger charge is -2.44. The van der Waals surface area contributed by atoms with Crippen LogP contribution in [0.15, 0.2) is 24.3 Å². The molecule has 2 aliphatic rings. The fourth-order valence-electron chi connectivity index (χ4n) is 3.50. The van der Waals surface area contributed by atoms with Crippen LogP contribution in [0.25, 0.3) is 0 Å². The summed E-state index contributed by atoms with van der Waals surface area (Å²) in [5, 5.41) is 0. The summed E-state index contributed by atoms with van der Waals surface area (Å²) >= 11 is 0. The second kappa shape index (κ2) is 6.31. The van der Waals surface area contributed by atoms with E-state index in [-0.39, 0.29) is 23.5 Å². The van der Waals surface area contributed by atoms with Gasteiger partial charge in [0, 0.05) is 12.1 Å². The first kappa shape index (κ1) is 19.8. The number of anilines is 1. The summed E-state index contributed by atoms with van der Waals surface area (Å²) in [6.07, 6.45) is -0.0455. The highest BCUT2D eigenvalue weighted by molar-refractivity contribution is 7.94. The molecule has 2 aliphatic heterocycles. The van der Waals surface area contributed by atoms with Gasteiger partial charge in [0.1, 0.15) is 0 Å². The smallest absolute Gasteiger partial charge is 0.254 e. The van der Waals surface area contributed by atoms with Gasteiger partial charge in [-0.1, -0.05) is 0 Å². The maximum absolute atomic E-state index is 13.0. The number of benzene rings is 1. The average molecular weight is 394 g/mol. The highest BCUT2D eigenvalue weighted by atomic mass is 32.2. The highest BCUT2D eigenvalue weighted by Crippen LogP contribution is 2.36. The molecule has 2 heterocycles. The van der Waals surface area contributed by atoms with Crippen molar-refractivity contribution in [2.24, 2.45) is 5.41 Å². The second-order valence-electron chi connectivity index (χ2n) is 8.61. The number of carbonyl (C=O) groups is 2. The van der Waals surface area contributed by atoms with Crippen LogP contribution in [0.2, 0.25) is 0 Å². The SMILES string of the molecule is CC1CN(C(=O)c2ccc(N3C(=O)C(C)(C)CS3(=O)=O)cc2)C(C)(C)CO1. The number of ether oxygens (including phenoxy) is 1. The number of morpholine rings is 1. The minimum atomic E-state index is -3.70. The van der Waals surface area contributed by atoms with Crippen molar-refractivity contribution in [3.8, 4) is 0 Å². The molecule has 2 amide bonds. The van der Waals surface area contributed by atoms with Crippen LogP contribution < -0.4 is 4.31 Å². The van der Waals surface area contributed by atoms with E-state index in [1.165, 1.54) is 12.1 Å². The predicted molar refractivity (Wildman–Crippen MR) is 102 cm³/mol. The van der Waals surface area contributed by atoms with E-state index in [9.17, 15) is 18.0 Å². The van der Waals surface area contributed by atoms with E-state index in [1.54, 1.807) is 30.9 Å². The lowest BCUT2D eigenvalue weighted by molar-refractivity contribution is -0.123. The predicted octanol–water partition coefficient (Wildman–Crippen LogP) is 2.03. The summed E-state index contributed by atoms with van der Waals surface area (Å²) in [6.45, 7) is 9.99. The molecule has 148 valence electrons. The molecule has 1 aromatic rings. The Balaban J connectivity index is 1.88. The Hall–Kier alpha value is -1.93. The van der Waals surface area contributed by atoms with E-state index in [0.717, 1.165) is 4.31 Å². The Kier molecular flexibility index (Phi) is 4.63. The molecular formula is C19H26N2O5S. The van der Waals surface area contributed by atoms with E-state index in [4.69, 9.17) is 4.74 Å². The largest absolute Gasteiger partial charge is 0.374 e. The maximum atomic E-state index is 13.0. The second-order valence-corrected chi connectivity index (χ2v) is 10.4. The average Bonchev–Trinajstić information content (AvgIpc) is 2.72. The molecule has 1 aromatic carbocycles. The van der Waals surface area contributed by atoms with Gasteiger partial charge in [0.25, 0.3) is 5.91 Å². The van der Waals surface area contributed by atoms with Crippen molar-refractivity contribution in [1.82, 2.24) is 4.90 Å². The monoisotopic (exact) mass is 394 g/mol. The third-order valence-corrected chi connectivity index (χ3v) is 7.09. The minimum absolute atomic E-state index is 0.0455. The molecule has 2 saturated heterocycles. The summed E-state index contributed by atoms with van der Waals surface area (Å²) in [7, 11) is -3.70. The Bertz CT molecular complexity index is 874. The number of carbonyl (C=O) groups excluding carboxylic acids is 2. The van der Waals surface area contributed by atoms with Crippen molar-refractivity contribution in [3.63, 3.8) is 0 Å². The van der Waals surface area contributed by atoms with Gasteiger partial charge in [-0.3, -0.25) is 9.59 Å². The van der Waals surface area contributed by atoms with Crippen molar-refractivity contribution in [2.75, 3.05) is 23.2 Å². The van der Waals surface area contributed by atoms with Crippen molar-refractivity contribution < 1.29 is 22.7 Å². The number of sulfonamides is 1. The van der Waals surface area contributed by atoms with Crippen molar-refractivity contribution >= 4 is 27.5 Å². The molecule has 0 saturated carbocycles. The number of hydrogen-bond donors (Lipinski definition) is 0. The van der Waals surface area contributed by atoms with Gasteiger partial charge in [-0.25, -0.2) is 12.7 Å². The van der Waals surface area contributed by atoms with Gasteiger partial charge in [0.2, 0.25) is 15.9 Å². The number of amides is 2. The third-order valence-electron chi connectivity index (χ3n) is 5.07. The van der Waals surface area contributed by atoms with E-state index >= 15 is 0 Å². The summed E-state index contributed by atoms with van der Waals surface area (Å²) < 4.78 is 31.3.